The fraction of sp³-hybridized carbons (Fsp3) is 0.200. The summed E-state index contributed by atoms with van der Waals surface area (Å²) in [4.78, 5) is 4.86. The SMILES string of the molecule is CON=C(C)CC(c1ccccc1)c1c(O)c2ccccc2oc1=NO. The van der Waals surface area contributed by atoms with Crippen molar-refractivity contribution in [1.82, 2.24) is 0 Å². The molecule has 1 unspecified atom stereocenters. The van der Waals surface area contributed by atoms with Crippen LogP contribution in [0.3, 0.4) is 0 Å². The van der Waals surface area contributed by atoms with Crippen molar-refractivity contribution in [1.29, 1.82) is 0 Å². The maximum absolute atomic E-state index is 10.9. The average molecular weight is 352 g/mol. The first kappa shape index (κ1) is 17.5. The predicted molar refractivity (Wildman–Crippen MR) is 98.2 cm³/mol. The van der Waals surface area contributed by atoms with Crippen molar-refractivity contribution in [2.45, 2.75) is 19.3 Å². The molecular formula is C20H20N2O4. The van der Waals surface area contributed by atoms with E-state index in [4.69, 9.17) is 9.25 Å². The molecular weight excluding hydrogens is 332 g/mol. The summed E-state index contributed by atoms with van der Waals surface area (Å²) in [7, 11) is 1.48. The molecule has 0 saturated heterocycles. The number of benzene rings is 2. The van der Waals surface area contributed by atoms with Crippen molar-refractivity contribution in [3.8, 4) is 5.75 Å². The summed E-state index contributed by atoms with van der Waals surface area (Å²) in [6.07, 6.45) is 0.460. The molecule has 3 rings (SSSR count). The zero-order valence-electron chi connectivity index (χ0n) is 14.6. The molecule has 0 bridgehead atoms. The molecule has 26 heavy (non-hydrogen) atoms. The van der Waals surface area contributed by atoms with Crippen molar-refractivity contribution >= 4 is 16.7 Å². The zero-order valence-corrected chi connectivity index (χ0v) is 14.6. The van der Waals surface area contributed by atoms with Crippen LogP contribution in [0.25, 0.3) is 11.0 Å². The Bertz CT molecular complexity index is 994. The third-order valence-electron chi connectivity index (χ3n) is 4.22. The van der Waals surface area contributed by atoms with Crippen molar-refractivity contribution in [3.05, 3.63) is 71.3 Å². The largest absolute Gasteiger partial charge is 0.507 e. The van der Waals surface area contributed by atoms with E-state index in [1.165, 1.54) is 7.11 Å². The number of aromatic hydroxyl groups is 1. The second-order valence-corrected chi connectivity index (χ2v) is 5.94. The Labute approximate surface area is 150 Å². The third-order valence-corrected chi connectivity index (χ3v) is 4.22. The standard InChI is InChI=1S/C20H20N2O4/c1-13(22-25-2)12-16(14-8-4-3-5-9-14)18-19(23)15-10-6-7-11-17(15)26-20(18)21-24/h3-11,16,23-24H,12H2,1-2H3. The van der Waals surface area contributed by atoms with Gasteiger partial charge in [0.15, 0.2) is 0 Å². The van der Waals surface area contributed by atoms with Crippen LogP contribution in [0.2, 0.25) is 0 Å². The van der Waals surface area contributed by atoms with Crippen LogP contribution in [0.4, 0.5) is 0 Å². The second kappa shape index (κ2) is 7.74. The van der Waals surface area contributed by atoms with Crippen LogP contribution in [-0.4, -0.2) is 23.1 Å². The number of nitrogens with zero attached hydrogens (tertiary/aromatic N) is 2. The predicted octanol–water partition coefficient (Wildman–Crippen LogP) is 3.97. The van der Waals surface area contributed by atoms with Gasteiger partial charge in [0.05, 0.1) is 16.7 Å². The van der Waals surface area contributed by atoms with Gasteiger partial charge in [-0.2, -0.15) is 0 Å². The highest BCUT2D eigenvalue weighted by molar-refractivity contribution is 5.86. The van der Waals surface area contributed by atoms with Crippen molar-refractivity contribution < 1.29 is 19.6 Å². The van der Waals surface area contributed by atoms with Gasteiger partial charge >= 0.3 is 0 Å². The molecule has 0 fully saturated rings. The first-order valence-corrected chi connectivity index (χ1v) is 8.20. The van der Waals surface area contributed by atoms with Gasteiger partial charge in [-0.3, -0.25) is 0 Å². The van der Waals surface area contributed by atoms with Crippen LogP contribution in [-0.2, 0) is 4.84 Å². The van der Waals surface area contributed by atoms with Crippen molar-refractivity contribution in [2.75, 3.05) is 7.11 Å². The Morgan fingerprint density at radius 1 is 1.12 bits per heavy atom. The first-order chi connectivity index (χ1) is 12.7. The lowest BCUT2D eigenvalue weighted by Crippen LogP contribution is -2.18. The Balaban J connectivity index is 2.27. The van der Waals surface area contributed by atoms with Crippen LogP contribution < -0.4 is 5.55 Å². The minimum absolute atomic E-state index is 0.0266. The molecule has 0 aliphatic carbocycles. The van der Waals surface area contributed by atoms with E-state index in [0.29, 0.717) is 23.0 Å². The van der Waals surface area contributed by atoms with Crippen LogP contribution in [0.15, 0.2) is 69.3 Å². The van der Waals surface area contributed by atoms with Gasteiger partial charge in [-0.05, 0) is 29.8 Å². The summed E-state index contributed by atoms with van der Waals surface area (Å²) in [5.41, 5.74) is 2.49. The topological polar surface area (TPSA) is 87.5 Å². The number of hydrogen-bond donors (Lipinski definition) is 2. The van der Waals surface area contributed by atoms with E-state index in [9.17, 15) is 10.3 Å². The Morgan fingerprint density at radius 2 is 1.81 bits per heavy atom. The molecule has 0 aliphatic heterocycles. The van der Waals surface area contributed by atoms with Crippen LogP contribution in [0, 0.1) is 0 Å². The van der Waals surface area contributed by atoms with Crippen molar-refractivity contribution in [2.24, 2.45) is 10.3 Å². The molecule has 0 saturated carbocycles. The van der Waals surface area contributed by atoms with Crippen LogP contribution in [0.5, 0.6) is 5.75 Å². The molecule has 1 atom stereocenters. The molecule has 6 heteroatoms. The fourth-order valence-electron chi connectivity index (χ4n) is 3.11. The summed E-state index contributed by atoms with van der Waals surface area (Å²) >= 11 is 0. The maximum atomic E-state index is 10.9. The monoisotopic (exact) mass is 352 g/mol. The Kier molecular flexibility index (Phi) is 5.22. The smallest absolute Gasteiger partial charge is 0.263 e. The first-order valence-electron chi connectivity index (χ1n) is 8.20. The van der Waals surface area contributed by atoms with Crippen molar-refractivity contribution in [3.63, 3.8) is 0 Å². The molecule has 0 amide bonds. The van der Waals surface area contributed by atoms with Gasteiger partial charge in [0.25, 0.3) is 5.55 Å². The molecule has 0 aliphatic rings. The summed E-state index contributed by atoms with van der Waals surface area (Å²) in [5.74, 6) is -0.298. The van der Waals surface area contributed by atoms with Gasteiger partial charge < -0.3 is 19.6 Å². The number of hydrogen-bond acceptors (Lipinski definition) is 6. The molecule has 0 radical (unpaired) electrons. The Hall–Kier alpha value is -3.28. The Morgan fingerprint density at radius 3 is 2.50 bits per heavy atom. The third kappa shape index (κ3) is 3.39. The maximum Gasteiger partial charge on any atom is 0.263 e. The highest BCUT2D eigenvalue weighted by Gasteiger charge is 2.24. The van der Waals surface area contributed by atoms with Gasteiger partial charge in [0.1, 0.15) is 18.4 Å². The molecule has 6 nitrogen and oxygen atoms in total. The lowest BCUT2D eigenvalue weighted by molar-refractivity contribution is 0.212. The van der Waals surface area contributed by atoms with Gasteiger partial charge in [0.2, 0.25) is 0 Å². The van der Waals surface area contributed by atoms with Gasteiger partial charge in [-0.25, -0.2) is 0 Å². The van der Waals surface area contributed by atoms with E-state index in [1.807, 2.05) is 43.3 Å². The highest BCUT2D eigenvalue weighted by atomic mass is 16.6. The molecule has 0 spiro atoms. The van der Waals surface area contributed by atoms with Gasteiger partial charge in [-0.1, -0.05) is 47.6 Å². The van der Waals surface area contributed by atoms with E-state index in [1.54, 1.807) is 18.2 Å². The molecule has 134 valence electrons. The molecule has 1 aromatic heterocycles. The van der Waals surface area contributed by atoms with E-state index < -0.39 is 0 Å². The minimum Gasteiger partial charge on any atom is -0.507 e. The van der Waals surface area contributed by atoms with Crippen LogP contribution >= 0.6 is 0 Å². The molecule has 2 aromatic carbocycles. The van der Waals surface area contributed by atoms with E-state index in [-0.39, 0.29) is 17.2 Å². The van der Waals surface area contributed by atoms with Crippen LogP contribution in [0.1, 0.15) is 30.4 Å². The zero-order chi connectivity index (χ0) is 18.5. The molecule has 3 aromatic rings. The number of para-hydroxylation sites is 1. The summed E-state index contributed by atoms with van der Waals surface area (Å²) in [6, 6.07) is 16.7. The summed E-state index contributed by atoms with van der Waals surface area (Å²) in [6.45, 7) is 1.84. The summed E-state index contributed by atoms with van der Waals surface area (Å²) < 4.78 is 5.72. The quantitative estimate of drug-likeness (QED) is 0.413. The fourth-order valence-corrected chi connectivity index (χ4v) is 3.11. The number of fused-ring (bicyclic) bond motifs is 1. The number of rotatable bonds is 5. The number of oxime groups is 1. The lowest BCUT2D eigenvalue weighted by Gasteiger charge is -2.19. The molecule has 1 heterocycles. The normalized spacial score (nSPS) is 13.8. The average Bonchev–Trinajstić information content (AvgIpc) is 2.67. The van der Waals surface area contributed by atoms with E-state index in [2.05, 4.69) is 10.3 Å². The summed E-state index contributed by atoms with van der Waals surface area (Å²) in [5, 5.41) is 28.2. The van der Waals surface area contributed by atoms with E-state index >= 15 is 0 Å². The van der Waals surface area contributed by atoms with E-state index in [0.717, 1.165) is 11.3 Å². The molecule has 2 N–H and O–H groups in total. The minimum atomic E-state index is -0.325. The second-order valence-electron chi connectivity index (χ2n) is 5.94. The van der Waals surface area contributed by atoms with Gasteiger partial charge in [0, 0.05) is 12.3 Å². The lowest BCUT2D eigenvalue weighted by atomic mass is 9.87. The highest BCUT2D eigenvalue weighted by Crippen LogP contribution is 2.36. The van der Waals surface area contributed by atoms with Gasteiger partial charge in [-0.15, -0.1) is 0 Å².